The lowest BCUT2D eigenvalue weighted by Gasteiger charge is -2.68. The van der Waals surface area contributed by atoms with E-state index in [0.29, 0.717) is 17.1 Å². The maximum absolute atomic E-state index is 14.1. The lowest BCUT2D eigenvalue weighted by atomic mass is 9.35. The van der Waals surface area contributed by atoms with E-state index in [-0.39, 0.29) is 45.5 Å². The van der Waals surface area contributed by atoms with Gasteiger partial charge < -0.3 is 4.79 Å². The standard InChI is InChI=1S/C30H41NO2/c1-18-19-9-10-29(6)23(28(19,5)17-21(31-8)25(18)33)15-22(32)24-20-16-26(2,3)11-12-27(20,4)13-14-30(24,29)7/h15,17-20,24H,9-14,16H2,1-7H3/t18-,19-,20-,24-,27+,28-,29+,30+/m0/s1. The summed E-state index contributed by atoms with van der Waals surface area (Å²) >= 11 is 0. The summed E-state index contributed by atoms with van der Waals surface area (Å²) in [4.78, 5) is 30.6. The fraction of sp³-hybridized carbons (Fsp3) is 0.767. The number of nitrogens with zero attached hydrogens (tertiary/aromatic N) is 1. The predicted molar refractivity (Wildman–Crippen MR) is 131 cm³/mol. The fourth-order valence-corrected chi connectivity index (χ4v) is 9.49. The lowest BCUT2D eigenvalue weighted by molar-refractivity contribution is -0.166. The molecule has 3 saturated carbocycles. The van der Waals surface area contributed by atoms with E-state index >= 15 is 0 Å². The first kappa shape index (κ1) is 23.1. The van der Waals surface area contributed by atoms with Gasteiger partial charge in [-0.1, -0.05) is 60.1 Å². The molecule has 8 atom stereocenters. The van der Waals surface area contributed by atoms with Crippen LogP contribution in [0.2, 0.25) is 0 Å². The molecule has 3 nitrogen and oxygen atoms in total. The second-order valence-corrected chi connectivity index (χ2v) is 14.0. The van der Waals surface area contributed by atoms with Gasteiger partial charge in [-0.05, 0) is 84.5 Å². The van der Waals surface area contributed by atoms with E-state index in [9.17, 15) is 9.59 Å². The molecule has 0 aromatic heterocycles. The molecule has 3 fully saturated rings. The van der Waals surface area contributed by atoms with Gasteiger partial charge in [-0.15, -0.1) is 0 Å². The Bertz CT molecular complexity index is 1040. The quantitative estimate of drug-likeness (QED) is 0.369. The maximum atomic E-state index is 14.1. The smallest absolute Gasteiger partial charge is 0.226 e. The van der Waals surface area contributed by atoms with Crippen molar-refractivity contribution in [2.45, 2.75) is 93.4 Å². The van der Waals surface area contributed by atoms with E-state index in [2.05, 4.69) is 46.4 Å². The monoisotopic (exact) mass is 447 g/mol. The number of fused-ring (bicyclic) bond motifs is 7. The van der Waals surface area contributed by atoms with Crippen molar-refractivity contribution >= 4 is 11.6 Å². The van der Waals surface area contributed by atoms with Crippen LogP contribution in [0.5, 0.6) is 0 Å². The summed E-state index contributed by atoms with van der Waals surface area (Å²) in [6.07, 6.45) is 11.9. The Morgan fingerprint density at radius 1 is 0.939 bits per heavy atom. The summed E-state index contributed by atoms with van der Waals surface area (Å²) < 4.78 is 0. The van der Waals surface area contributed by atoms with E-state index in [1.54, 1.807) is 0 Å². The topological polar surface area (TPSA) is 38.5 Å². The number of Topliss-reactive ketones (excluding diaryl/α,β-unsaturated/α-hetero) is 1. The molecule has 0 amide bonds. The van der Waals surface area contributed by atoms with Crippen LogP contribution >= 0.6 is 0 Å². The Morgan fingerprint density at radius 3 is 2.27 bits per heavy atom. The molecule has 0 saturated heterocycles. The van der Waals surface area contributed by atoms with E-state index in [1.807, 2.05) is 19.1 Å². The first-order valence-electron chi connectivity index (χ1n) is 13.1. The van der Waals surface area contributed by atoms with Crippen LogP contribution < -0.4 is 0 Å². The Morgan fingerprint density at radius 2 is 1.61 bits per heavy atom. The van der Waals surface area contributed by atoms with Crippen LogP contribution in [0.25, 0.3) is 4.85 Å². The SMILES string of the molecule is [C-]#[N+]C1=C[C@]2(C)C3=CC(=O)[C@@H]4[C@@H]5CC(C)(C)CC[C@]5(C)CC[C@@]4(C)[C@]3(C)CC[C@H]2[C@H](C)C1=O. The van der Waals surface area contributed by atoms with Gasteiger partial charge >= 0.3 is 0 Å². The Labute approximate surface area is 200 Å². The van der Waals surface area contributed by atoms with Crippen molar-refractivity contribution < 1.29 is 9.59 Å². The van der Waals surface area contributed by atoms with Crippen LogP contribution in [-0.2, 0) is 9.59 Å². The highest BCUT2D eigenvalue weighted by atomic mass is 16.1. The van der Waals surface area contributed by atoms with Crippen LogP contribution in [0.4, 0.5) is 0 Å². The van der Waals surface area contributed by atoms with Crippen LogP contribution in [0, 0.1) is 57.3 Å². The third kappa shape index (κ3) is 2.79. The van der Waals surface area contributed by atoms with Crippen molar-refractivity contribution in [2.24, 2.45) is 50.7 Å². The zero-order valence-electron chi connectivity index (χ0n) is 21.7. The largest absolute Gasteiger partial charge is 0.308 e. The highest BCUT2D eigenvalue weighted by molar-refractivity contribution is 6.01. The highest BCUT2D eigenvalue weighted by Gasteiger charge is 2.68. The van der Waals surface area contributed by atoms with Gasteiger partial charge in [0, 0.05) is 17.3 Å². The molecule has 178 valence electrons. The van der Waals surface area contributed by atoms with Crippen LogP contribution in [0.3, 0.4) is 0 Å². The minimum atomic E-state index is -0.392. The van der Waals surface area contributed by atoms with Crippen LogP contribution in [0.1, 0.15) is 93.4 Å². The van der Waals surface area contributed by atoms with Gasteiger partial charge in [0.15, 0.2) is 11.6 Å². The summed E-state index contributed by atoms with van der Waals surface area (Å²) in [6.45, 7) is 23.9. The van der Waals surface area contributed by atoms with E-state index in [0.717, 1.165) is 25.7 Å². The van der Waals surface area contributed by atoms with Crippen molar-refractivity contribution in [1.82, 2.24) is 0 Å². The summed E-state index contributed by atoms with van der Waals surface area (Å²) in [5.41, 5.74) is 1.51. The average Bonchev–Trinajstić information content (AvgIpc) is 2.74. The van der Waals surface area contributed by atoms with Gasteiger partial charge in [-0.2, -0.15) is 0 Å². The summed E-state index contributed by atoms with van der Waals surface area (Å²) in [5, 5.41) is 0. The zero-order chi connectivity index (χ0) is 24.2. The molecule has 0 spiro atoms. The minimum Gasteiger partial charge on any atom is -0.308 e. The molecule has 3 heteroatoms. The van der Waals surface area contributed by atoms with Gasteiger partial charge in [-0.25, -0.2) is 4.85 Å². The second-order valence-electron chi connectivity index (χ2n) is 14.0. The second kappa shape index (κ2) is 6.71. The Kier molecular flexibility index (Phi) is 4.69. The summed E-state index contributed by atoms with van der Waals surface area (Å²) in [6, 6.07) is 0. The molecular formula is C30H41NO2. The number of carbonyl (C=O) groups is 2. The zero-order valence-corrected chi connectivity index (χ0v) is 21.7. The van der Waals surface area contributed by atoms with Gasteiger partial charge in [-0.3, -0.25) is 4.79 Å². The van der Waals surface area contributed by atoms with Crippen molar-refractivity contribution in [3.63, 3.8) is 0 Å². The molecule has 0 N–H and O–H groups in total. The van der Waals surface area contributed by atoms with E-state index in [1.165, 1.54) is 24.8 Å². The van der Waals surface area contributed by atoms with Crippen LogP contribution in [0.15, 0.2) is 23.4 Å². The number of hydrogen-bond donors (Lipinski definition) is 0. The Balaban J connectivity index is 1.68. The van der Waals surface area contributed by atoms with Crippen molar-refractivity contribution in [2.75, 3.05) is 0 Å². The molecule has 0 aliphatic heterocycles. The van der Waals surface area contributed by atoms with Crippen molar-refractivity contribution in [3.05, 3.63) is 34.8 Å². The first-order chi connectivity index (χ1) is 15.2. The summed E-state index contributed by atoms with van der Waals surface area (Å²) in [5.74, 6) is 0.836. The molecule has 5 aliphatic carbocycles. The van der Waals surface area contributed by atoms with Crippen LogP contribution in [-0.4, -0.2) is 11.6 Å². The highest BCUT2D eigenvalue weighted by Crippen LogP contribution is 2.73. The fourth-order valence-electron chi connectivity index (χ4n) is 9.49. The van der Waals surface area contributed by atoms with Gasteiger partial charge in [0.25, 0.3) is 0 Å². The molecule has 0 aromatic rings. The van der Waals surface area contributed by atoms with Crippen molar-refractivity contribution in [1.29, 1.82) is 0 Å². The molecule has 5 rings (SSSR count). The Hall–Kier alpha value is -1.69. The third-order valence-corrected chi connectivity index (χ3v) is 11.9. The minimum absolute atomic E-state index is 0.0132. The molecular weight excluding hydrogens is 406 g/mol. The number of hydrogen-bond acceptors (Lipinski definition) is 2. The number of allylic oxidation sites excluding steroid dienone is 4. The molecule has 0 bridgehead atoms. The average molecular weight is 448 g/mol. The van der Waals surface area contributed by atoms with E-state index in [4.69, 9.17) is 6.57 Å². The lowest BCUT2D eigenvalue weighted by Crippen LogP contribution is -2.63. The number of carbonyl (C=O) groups excluding carboxylic acids is 2. The number of ketones is 2. The molecule has 0 unspecified atom stereocenters. The van der Waals surface area contributed by atoms with Gasteiger partial charge in [0.1, 0.15) is 0 Å². The normalized spacial score (nSPS) is 50.6. The van der Waals surface area contributed by atoms with Gasteiger partial charge in [0.05, 0.1) is 6.57 Å². The van der Waals surface area contributed by atoms with Crippen molar-refractivity contribution in [3.8, 4) is 0 Å². The predicted octanol–water partition coefficient (Wildman–Crippen LogP) is 7.19. The third-order valence-electron chi connectivity index (χ3n) is 11.9. The molecule has 0 radical (unpaired) electrons. The molecule has 0 heterocycles. The molecule has 5 aliphatic rings. The summed E-state index contributed by atoms with van der Waals surface area (Å²) in [7, 11) is 0. The van der Waals surface area contributed by atoms with Gasteiger partial charge in [0.2, 0.25) is 5.70 Å². The van der Waals surface area contributed by atoms with E-state index < -0.39 is 5.41 Å². The number of rotatable bonds is 0. The first-order valence-corrected chi connectivity index (χ1v) is 13.1. The maximum Gasteiger partial charge on any atom is 0.226 e. The molecule has 0 aromatic carbocycles. The molecule has 33 heavy (non-hydrogen) atoms.